The fraction of sp³-hybridized carbons (Fsp3) is 0.646. The molecule has 19 nitrogen and oxygen atoms in total. The lowest BCUT2D eigenvalue weighted by molar-refractivity contribution is -0.161. The molecular formula is C48H77N3O16P2. The molecule has 0 aromatic carbocycles. The number of nitrogens with two attached hydrogens (primary N) is 1. The fourth-order valence-electron chi connectivity index (χ4n) is 6.73. The summed E-state index contributed by atoms with van der Waals surface area (Å²) in [5, 5.41) is 20.9. The number of aliphatic hydroxyl groups excluding tert-OH is 2. The van der Waals surface area contributed by atoms with Crippen molar-refractivity contribution in [3.63, 3.8) is 0 Å². The molecule has 1 saturated heterocycles. The van der Waals surface area contributed by atoms with Crippen LogP contribution in [0.1, 0.15) is 155 Å². The summed E-state index contributed by atoms with van der Waals surface area (Å²) in [4.78, 5) is 74.1. The molecule has 0 radical (unpaired) electrons. The van der Waals surface area contributed by atoms with Gasteiger partial charge in [-0.1, -0.05) is 120 Å². The standard InChI is InChI=1S/C48H77N3O16P2/c1-3-5-7-9-11-13-15-17-19-21-23-25-27-30-39(52)31-29-33-44(54)65-40(36-62-43(53)32-28-26-24-22-20-18-16-14-12-10-8-6-4-2)37-63-68(58,59)67-69(60,61)64-38-41-45(55)46(56)47(66-41)51-35-34-42(49)50-48(51)57/h11,13-14,16-17,19,23,25,27,30,34-35,40-41,45-47,55-56H,3-10,12,15,18,20-22,24,26,28-29,31-33,36-38H2,1-2H3,(H,58,59)(H,60,61)(H2,49,50,57)/b13-11-,16-14-,19-17-,25-23-,30-27+/t40-,41-,45-,46-,47-/m1/s1. The molecule has 2 rings (SSSR count). The van der Waals surface area contributed by atoms with E-state index < -0.39 is 83.7 Å². The quantitative estimate of drug-likeness (QED) is 0.0103. The van der Waals surface area contributed by atoms with Gasteiger partial charge in [0.15, 0.2) is 18.1 Å². The number of rotatable bonds is 39. The number of anilines is 1. The minimum absolute atomic E-state index is 0.0149. The molecule has 2 unspecified atom stereocenters. The van der Waals surface area contributed by atoms with Gasteiger partial charge in [0.05, 0.1) is 13.2 Å². The highest BCUT2D eigenvalue weighted by atomic mass is 31.3. The molecule has 7 atom stereocenters. The van der Waals surface area contributed by atoms with Gasteiger partial charge >= 0.3 is 33.3 Å². The molecule has 0 bridgehead atoms. The number of aromatic nitrogens is 2. The van der Waals surface area contributed by atoms with Crippen LogP contribution in [0.5, 0.6) is 0 Å². The molecule has 1 aliphatic rings. The highest BCUT2D eigenvalue weighted by Crippen LogP contribution is 2.60. The molecule has 21 heteroatoms. The van der Waals surface area contributed by atoms with Crippen molar-refractivity contribution in [1.82, 2.24) is 9.55 Å². The molecule has 0 spiro atoms. The molecule has 1 aromatic heterocycles. The van der Waals surface area contributed by atoms with E-state index in [4.69, 9.17) is 29.0 Å². The molecule has 1 aromatic rings. The number of ether oxygens (including phenoxy) is 3. The highest BCUT2D eigenvalue weighted by Gasteiger charge is 2.46. The molecule has 0 aliphatic carbocycles. The van der Waals surface area contributed by atoms with Gasteiger partial charge in [-0.15, -0.1) is 0 Å². The average Bonchev–Trinajstić information content (AvgIpc) is 3.58. The van der Waals surface area contributed by atoms with Crippen molar-refractivity contribution in [2.24, 2.45) is 0 Å². The van der Waals surface area contributed by atoms with E-state index in [1.807, 2.05) is 12.2 Å². The summed E-state index contributed by atoms with van der Waals surface area (Å²) in [6, 6.07) is 1.23. The number of nitrogen functional groups attached to an aromatic ring is 1. The number of hydrogen-bond acceptors (Lipinski definition) is 16. The zero-order valence-electron chi connectivity index (χ0n) is 40.3. The van der Waals surface area contributed by atoms with Crippen molar-refractivity contribution < 1.29 is 71.1 Å². The van der Waals surface area contributed by atoms with Crippen LogP contribution in [-0.4, -0.2) is 91.5 Å². The van der Waals surface area contributed by atoms with Crippen molar-refractivity contribution in [2.75, 3.05) is 25.6 Å². The predicted octanol–water partition coefficient (Wildman–Crippen LogP) is 8.73. The number of carbonyl (C=O) groups excluding carboxylic acids is 3. The van der Waals surface area contributed by atoms with Crippen LogP contribution in [0.25, 0.3) is 0 Å². The maximum atomic E-state index is 12.8. The summed E-state index contributed by atoms with van der Waals surface area (Å²) in [6.07, 6.45) is 30.3. The summed E-state index contributed by atoms with van der Waals surface area (Å²) in [6.45, 7) is 1.85. The first-order chi connectivity index (χ1) is 33.1. The van der Waals surface area contributed by atoms with Crippen molar-refractivity contribution in [3.8, 4) is 0 Å². The lowest BCUT2D eigenvalue weighted by Crippen LogP contribution is -2.36. The van der Waals surface area contributed by atoms with Gasteiger partial charge in [0, 0.05) is 25.5 Å². The van der Waals surface area contributed by atoms with Crippen LogP contribution in [0.4, 0.5) is 5.82 Å². The molecular weight excluding hydrogens is 936 g/mol. The van der Waals surface area contributed by atoms with Gasteiger partial charge in [-0.25, -0.2) is 13.9 Å². The van der Waals surface area contributed by atoms with Gasteiger partial charge in [0.25, 0.3) is 0 Å². The van der Waals surface area contributed by atoms with Crippen LogP contribution in [0.15, 0.2) is 77.8 Å². The summed E-state index contributed by atoms with van der Waals surface area (Å²) in [7, 11) is -11.0. The Morgan fingerprint density at radius 2 is 1.32 bits per heavy atom. The minimum atomic E-state index is -5.48. The molecule has 6 N–H and O–H groups in total. The Balaban J connectivity index is 1.88. The second kappa shape index (κ2) is 36.1. The molecule has 390 valence electrons. The molecule has 2 heterocycles. The highest BCUT2D eigenvalue weighted by molar-refractivity contribution is 7.61. The Kier molecular flexibility index (Phi) is 32.1. The third kappa shape index (κ3) is 29.2. The summed E-state index contributed by atoms with van der Waals surface area (Å²) < 4.78 is 56.4. The number of ketones is 1. The maximum Gasteiger partial charge on any atom is 0.481 e. The molecule has 1 aliphatic heterocycles. The smallest absolute Gasteiger partial charge is 0.462 e. The number of carbonyl (C=O) groups is 3. The molecule has 69 heavy (non-hydrogen) atoms. The number of unbranched alkanes of at least 4 members (excludes halogenated alkanes) is 12. The van der Waals surface area contributed by atoms with Crippen molar-refractivity contribution in [3.05, 3.63) is 83.5 Å². The van der Waals surface area contributed by atoms with Gasteiger partial charge in [0.1, 0.15) is 30.7 Å². The maximum absolute atomic E-state index is 12.8. The Labute approximate surface area is 407 Å². The molecule has 0 saturated carbocycles. The van der Waals surface area contributed by atoms with Crippen LogP contribution in [0, 0.1) is 0 Å². The second-order valence-electron chi connectivity index (χ2n) is 16.6. The number of aliphatic hydroxyl groups is 2. The van der Waals surface area contributed by atoms with E-state index in [9.17, 15) is 48.3 Å². The van der Waals surface area contributed by atoms with E-state index in [0.29, 0.717) is 12.8 Å². The summed E-state index contributed by atoms with van der Waals surface area (Å²) in [5.41, 5.74) is 4.56. The van der Waals surface area contributed by atoms with Gasteiger partial charge in [-0.2, -0.15) is 9.29 Å². The largest absolute Gasteiger partial charge is 0.481 e. The van der Waals surface area contributed by atoms with Crippen molar-refractivity contribution in [1.29, 1.82) is 0 Å². The predicted molar refractivity (Wildman–Crippen MR) is 261 cm³/mol. The first-order valence-corrected chi connectivity index (χ1v) is 27.2. The number of phosphoric acid groups is 2. The summed E-state index contributed by atoms with van der Waals surface area (Å²) in [5.74, 6) is -1.81. The topological polar surface area (TPSA) is 283 Å². The van der Waals surface area contributed by atoms with E-state index in [0.717, 1.165) is 62.1 Å². The molecule has 0 amide bonds. The van der Waals surface area contributed by atoms with Gasteiger partial charge < -0.3 is 39.9 Å². The second-order valence-corrected chi connectivity index (χ2v) is 19.7. The van der Waals surface area contributed by atoms with Crippen LogP contribution in [0.3, 0.4) is 0 Å². The molecule has 1 fully saturated rings. The van der Waals surface area contributed by atoms with E-state index in [-0.39, 0.29) is 37.3 Å². The zero-order valence-corrected chi connectivity index (χ0v) is 42.1. The van der Waals surface area contributed by atoms with Crippen LogP contribution < -0.4 is 11.4 Å². The Morgan fingerprint density at radius 3 is 2.01 bits per heavy atom. The third-order valence-electron chi connectivity index (χ3n) is 10.6. The first kappa shape index (κ1) is 61.3. The van der Waals surface area contributed by atoms with E-state index in [2.05, 4.69) is 53.5 Å². The van der Waals surface area contributed by atoms with Gasteiger partial charge in [-0.05, 0) is 76.4 Å². The SMILES string of the molecule is CCCCC/C=C\C/C=C\C/C=C\C=C\C(=O)CCCC(=O)O[C@H](COC(=O)CCCCCCC/C=C\CCCCCC)COP(=O)(O)OP(=O)(O)OC[C@H]1O[C@@H](n2ccc(N)nc2=O)[C@H](O)[C@@H]1O. The lowest BCUT2D eigenvalue weighted by atomic mass is 10.1. The summed E-state index contributed by atoms with van der Waals surface area (Å²) >= 11 is 0. The number of allylic oxidation sites excluding steroid dienone is 10. The first-order valence-electron chi connectivity index (χ1n) is 24.3. The van der Waals surface area contributed by atoms with Crippen molar-refractivity contribution in [2.45, 2.75) is 179 Å². The minimum Gasteiger partial charge on any atom is -0.462 e. The number of esters is 2. The van der Waals surface area contributed by atoms with Gasteiger partial charge in [-0.3, -0.25) is 28.0 Å². The Bertz CT molecular complexity index is 1950. The fourth-order valence-corrected chi connectivity index (χ4v) is 8.84. The van der Waals surface area contributed by atoms with Crippen molar-refractivity contribution >= 4 is 39.2 Å². The van der Waals surface area contributed by atoms with Crippen LogP contribution >= 0.6 is 15.6 Å². The van der Waals surface area contributed by atoms with Crippen LogP contribution in [0.2, 0.25) is 0 Å². The van der Waals surface area contributed by atoms with Gasteiger partial charge in [0.2, 0.25) is 0 Å². The van der Waals surface area contributed by atoms with E-state index in [1.165, 1.54) is 57.1 Å². The third-order valence-corrected chi connectivity index (χ3v) is 13.2. The number of hydrogen-bond donors (Lipinski definition) is 5. The normalized spacial score (nSPS) is 19.8. The Hall–Kier alpha value is -3.87. The van der Waals surface area contributed by atoms with Crippen LogP contribution in [-0.2, 0) is 51.1 Å². The number of nitrogens with zero attached hydrogens (tertiary/aromatic N) is 2. The zero-order chi connectivity index (χ0) is 50.8. The lowest BCUT2D eigenvalue weighted by Gasteiger charge is -2.21. The van der Waals surface area contributed by atoms with E-state index >= 15 is 0 Å². The van der Waals surface area contributed by atoms with E-state index in [1.54, 1.807) is 12.2 Å². The monoisotopic (exact) mass is 1010 g/mol. The average molecular weight is 1010 g/mol. The Morgan fingerprint density at radius 1 is 0.739 bits per heavy atom. The number of phosphoric ester groups is 2.